The number of carbonyl (C=O) groups excluding carboxylic acids is 1. The highest BCUT2D eigenvalue weighted by Crippen LogP contribution is 2.56. The van der Waals surface area contributed by atoms with Gasteiger partial charge >= 0.3 is 0 Å². The number of thioether (sulfide) groups is 1. The fourth-order valence-electron chi connectivity index (χ4n) is 6.19. The molecule has 182 valence electrons. The van der Waals surface area contributed by atoms with Crippen molar-refractivity contribution in [1.29, 1.82) is 0 Å². The van der Waals surface area contributed by atoms with Crippen LogP contribution in [0.2, 0.25) is 13.1 Å². The van der Waals surface area contributed by atoms with Gasteiger partial charge in [0.25, 0.3) is 0 Å². The molecule has 2 heterocycles. The van der Waals surface area contributed by atoms with Crippen LogP contribution in [0.5, 0.6) is 0 Å². The zero-order valence-corrected chi connectivity index (χ0v) is 23.6. The predicted molar refractivity (Wildman–Crippen MR) is 155 cm³/mol. The van der Waals surface area contributed by atoms with Crippen molar-refractivity contribution in [2.24, 2.45) is 0 Å². The van der Waals surface area contributed by atoms with Crippen LogP contribution >= 0.6 is 11.8 Å². The third-order valence-electron chi connectivity index (χ3n) is 8.14. The van der Waals surface area contributed by atoms with Crippen molar-refractivity contribution in [1.82, 2.24) is 0 Å². The lowest BCUT2D eigenvalue weighted by molar-refractivity contribution is 0.109. The highest BCUT2D eigenvalue weighted by molar-refractivity contribution is 8.15. The first kappa shape index (κ1) is 24.2. The van der Waals surface area contributed by atoms with E-state index in [4.69, 9.17) is 0 Å². The predicted octanol–water partition coefficient (Wildman–Crippen LogP) is 5.69. The number of carbonyl (C=O) groups is 1. The number of benzene rings is 3. The van der Waals surface area contributed by atoms with E-state index < -0.39 is 12.8 Å². The number of anilines is 2. The highest BCUT2D eigenvalue weighted by Gasteiger charge is 2.54. The summed E-state index contributed by atoms with van der Waals surface area (Å²) in [6, 6.07) is 22.4. The number of hydrogen-bond donors (Lipinski definition) is 0. The Labute approximate surface area is 215 Å². The lowest BCUT2D eigenvalue weighted by atomic mass is 9.81. The minimum absolute atomic E-state index is 0.180. The Morgan fingerprint density at radius 3 is 1.69 bits per heavy atom. The van der Waals surface area contributed by atoms with Gasteiger partial charge in [0.05, 0.1) is 4.75 Å². The molecule has 3 nitrogen and oxygen atoms in total. The van der Waals surface area contributed by atoms with E-state index in [9.17, 15) is 4.79 Å². The molecule has 3 aromatic rings. The first-order valence-corrected chi connectivity index (χ1v) is 16.8. The van der Waals surface area contributed by atoms with E-state index in [1.165, 1.54) is 44.6 Å². The van der Waals surface area contributed by atoms with Crippen molar-refractivity contribution in [2.45, 2.75) is 45.5 Å². The van der Waals surface area contributed by atoms with Crippen molar-refractivity contribution in [3.05, 3.63) is 82.9 Å². The Morgan fingerprint density at radius 2 is 1.20 bits per heavy atom. The van der Waals surface area contributed by atoms with Crippen LogP contribution in [-0.4, -0.2) is 39.4 Å². The van der Waals surface area contributed by atoms with Gasteiger partial charge in [-0.05, 0) is 79.0 Å². The van der Waals surface area contributed by atoms with Gasteiger partial charge in [0.2, 0.25) is 5.12 Å². The van der Waals surface area contributed by atoms with E-state index in [-0.39, 0.29) is 5.12 Å². The van der Waals surface area contributed by atoms with E-state index >= 15 is 0 Å². The monoisotopic (exact) mass is 500 g/mol. The number of hydrogen-bond acceptors (Lipinski definition) is 4. The molecule has 0 N–H and O–H groups in total. The molecule has 5 heteroatoms. The largest absolute Gasteiger partial charge is 0.372 e. The highest BCUT2D eigenvalue weighted by atomic mass is 32.2. The molecule has 3 aromatic carbocycles. The number of nitrogens with zero attached hydrogens (tertiary/aromatic N) is 2. The van der Waals surface area contributed by atoms with Crippen LogP contribution < -0.4 is 20.2 Å². The third kappa shape index (κ3) is 3.42. The van der Waals surface area contributed by atoms with Crippen LogP contribution in [0.3, 0.4) is 0 Å². The van der Waals surface area contributed by atoms with Gasteiger partial charge in [-0.25, -0.2) is 0 Å². The Morgan fingerprint density at radius 1 is 0.714 bits per heavy atom. The van der Waals surface area contributed by atoms with Crippen molar-refractivity contribution < 1.29 is 4.79 Å². The van der Waals surface area contributed by atoms with Gasteiger partial charge in [0.1, 0.15) is 8.07 Å². The lowest BCUT2D eigenvalue weighted by Gasteiger charge is -2.45. The minimum atomic E-state index is -2.05. The maximum atomic E-state index is 13.4. The molecule has 0 saturated heterocycles. The standard InChI is InChI=1S/C30H36N2OSSi/c1-7-31(8-2)21-15-17-25-27(19-21)35(5,6)28-20-22(32(9-3)10-4)16-18-26(28)30(25)24-14-12-11-13-23(24)29(33)34-30/h11-20H,7-10H2,1-6H3. The smallest absolute Gasteiger partial charge is 0.221 e. The van der Waals surface area contributed by atoms with Crippen LogP contribution in [-0.2, 0) is 4.75 Å². The molecule has 0 aliphatic carbocycles. The van der Waals surface area contributed by atoms with Crippen LogP contribution in [0.25, 0.3) is 0 Å². The van der Waals surface area contributed by atoms with E-state index in [1.807, 2.05) is 12.1 Å². The van der Waals surface area contributed by atoms with Gasteiger partial charge in [-0.15, -0.1) is 0 Å². The second kappa shape index (κ2) is 8.86. The zero-order valence-electron chi connectivity index (χ0n) is 21.8. The molecule has 0 radical (unpaired) electrons. The third-order valence-corrected chi connectivity index (χ3v) is 13.0. The van der Waals surface area contributed by atoms with Gasteiger partial charge in [0, 0.05) is 43.1 Å². The fraction of sp³-hybridized carbons (Fsp3) is 0.367. The molecule has 0 fully saturated rings. The second-order valence-corrected chi connectivity index (χ2v) is 15.6. The fourth-order valence-corrected chi connectivity index (χ4v) is 11.0. The average Bonchev–Trinajstić information content (AvgIpc) is 3.18. The van der Waals surface area contributed by atoms with E-state index in [2.05, 4.69) is 99.1 Å². The van der Waals surface area contributed by atoms with Gasteiger partial charge < -0.3 is 9.80 Å². The zero-order chi connectivity index (χ0) is 25.0. The van der Waals surface area contributed by atoms with Crippen LogP contribution in [0.15, 0.2) is 60.7 Å². The number of fused-ring (bicyclic) bond motifs is 6. The second-order valence-electron chi connectivity index (χ2n) is 10.0. The lowest BCUT2D eigenvalue weighted by Crippen LogP contribution is -2.62. The molecule has 1 spiro atoms. The van der Waals surface area contributed by atoms with E-state index in [0.29, 0.717) is 0 Å². The summed E-state index contributed by atoms with van der Waals surface area (Å²) in [6.45, 7) is 17.8. The van der Waals surface area contributed by atoms with Gasteiger partial charge in [-0.2, -0.15) is 0 Å². The Hall–Kier alpha value is -2.50. The van der Waals surface area contributed by atoms with Gasteiger partial charge in [-0.3, -0.25) is 4.79 Å². The Kier molecular flexibility index (Phi) is 6.13. The molecule has 0 amide bonds. The summed E-state index contributed by atoms with van der Waals surface area (Å²) in [5.74, 6) is 0. The minimum Gasteiger partial charge on any atom is -0.372 e. The molecule has 2 aliphatic rings. The molecule has 0 saturated carbocycles. The topological polar surface area (TPSA) is 23.6 Å². The first-order valence-electron chi connectivity index (χ1n) is 13.0. The summed E-state index contributed by atoms with van der Waals surface area (Å²) in [5.41, 5.74) is 7.21. The molecule has 0 aromatic heterocycles. The molecular formula is C30H36N2OSSi. The number of rotatable bonds is 6. The first-order chi connectivity index (χ1) is 16.8. The van der Waals surface area contributed by atoms with Gasteiger partial charge in [0.15, 0.2) is 0 Å². The molecule has 5 rings (SSSR count). The Balaban J connectivity index is 1.85. The molecular weight excluding hydrogens is 464 g/mol. The quantitative estimate of drug-likeness (QED) is 0.406. The summed E-state index contributed by atoms with van der Waals surface area (Å²) >= 11 is 1.51. The van der Waals surface area contributed by atoms with Crippen LogP contribution in [0, 0.1) is 0 Å². The Bertz CT molecular complexity index is 1230. The van der Waals surface area contributed by atoms with E-state index in [0.717, 1.165) is 37.3 Å². The molecule has 35 heavy (non-hydrogen) atoms. The maximum absolute atomic E-state index is 13.4. The van der Waals surface area contributed by atoms with Crippen molar-refractivity contribution in [2.75, 3.05) is 36.0 Å². The average molecular weight is 501 g/mol. The molecule has 0 atom stereocenters. The maximum Gasteiger partial charge on any atom is 0.221 e. The van der Waals surface area contributed by atoms with Crippen LogP contribution in [0.4, 0.5) is 11.4 Å². The van der Waals surface area contributed by atoms with Gasteiger partial charge in [-0.1, -0.05) is 61.3 Å². The summed E-state index contributed by atoms with van der Waals surface area (Å²) < 4.78 is -0.482. The van der Waals surface area contributed by atoms with Crippen molar-refractivity contribution >= 4 is 46.7 Å². The molecule has 2 aliphatic heterocycles. The molecule has 0 unspecified atom stereocenters. The van der Waals surface area contributed by atoms with Crippen molar-refractivity contribution in [3.8, 4) is 0 Å². The summed E-state index contributed by atoms with van der Waals surface area (Å²) in [6.07, 6.45) is 0. The molecule has 0 bridgehead atoms. The summed E-state index contributed by atoms with van der Waals surface area (Å²) in [5, 5.41) is 3.10. The SMILES string of the molecule is CCN(CC)c1ccc2c(c1)[Si](C)(C)c1cc(N(CC)CC)ccc1C21SC(=O)c2ccccc21. The normalized spacial score (nSPS) is 16.6. The summed E-state index contributed by atoms with van der Waals surface area (Å²) in [7, 11) is -2.05. The van der Waals surface area contributed by atoms with Crippen LogP contribution in [0.1, 0.15) is 54.7 Å². The summed E-state index contributed by atoms with van der Waals surface area (Å²) in [4.78, 5) is 18.3. The van der Waals surface area contributed by atoms with Crippen molar-refractivity contribution in [3.63, 3.8) is 0 Å². The van der Waals surface area contributed by atoms with E-state index in [1.54, 1.807) is 0 Å².